The number of benzene rings is 1. The number of rotatable bonds is 6. The van der Waals surface area contributed by atoms with Crippen LogP contribution in [-0.4, -0.2) is 14.6 Å². The molecule has 0 atom stereocenters. The summed E-state index contributed by atoms with van der Waals surface area (Å²) in [4.78, 5) is 10.4. The molecule has 0 saturated heterocycles. The highest BCUT2D eigenvalue weighted by Gasteiger charge is 2.14. The van der Waals surface area contributed by atoms with Crippen LogP contribution in [0, 0.1) is 10.1 Å². The van der Waals surface area contributed by atoms with Crippen LogP contribution >= 0.6 is 0 Å². The van der Waals surface area contributed by atoms with Gasteiger partial charge in [0.1, 0.15) is 11.4 Å². The first kappa shape index (κ1) is 13.9. The summed E-state index contributed by atoms with van der Waals surface area (Å²) < 4.78 is 2.09. The van der Waals surface area contributed by atoms with Gasteiger partial charge in [-0.25, -0.2) is 0 Å². The van der Waals surface area contributed by atoms with Crippen molar-refractivity contribution < 1.29 is 10.0 Å². The maximum Gasteiger partial charge on any atom is 0.296 e. The van der Waals surface area contributed by atoms with Gasteiger partial charge in [-0.3, -0.25) is 10.1 Å². The van der Waals surface area contributed by atoms with Crippen LogP contribution in [0.5, 0.6) is 5.75 Å². The fourth-order valence-electron chi connectivity index (χ4n) is 2.01. The Balaban J connectivity index is 2.08. The second-order valence-electron chi connectivity index (χ2n) is 4.57. The Hall–Kier alpha value is -2.50. The molecule has 106 valence electrons. The van der Waals surface area contributed by atoms with Crippen LogP contribution in [0.3, 0.4) is 0 Å². The number of nitro benzene ring substituents is 1. The molecule has 0 amide bonds. The van der Waals surface area contributed by atoms with Gasteiger partial charge in [-0.2, -0.15) is 0 Å². The minimum absolute atomic E-state index is 0.114. The summed E-state index contributed by atoms with van der Waals surface area (Å²) in [6.07, 6.45) is 5.07. The molecule has 20 heavy (non-hydrogen) atoms. The third-order valence-electron chi connectivity index (χ3n) is 2.95. The van der Waals surface area contributed by atoms with Crippen LogP contribution < -0.4 is 5.32 Å². The Kier molecular flexibility index (Phi) is 4.24. The molecule has 2 aromatic rings. The summed E-state index contributed by atoms with van der Waals surface area (Å²) >= 11 is 0. The number of hydrogen-bond acceptors (Lipinski definition) is 4. The van der Waals surface area contributed by atoms with E-state index in [9.17, 15) is 15.2 Å². The van der Waals surface area contributed by atoms with Crippen molar-refractivity contribution in [3.63, 3.8) is 0 Å². The molecule has 6 heteroatoms. The molecule has 0 spiro atoms. The number of nitrogens with zero attached hydrogens (tertiary/aromatic N) is 2. The molecule has 1 aromatic carbocycles. The Morgan fingerprint density at radius 2 is 2.20 bits per heavy atom. The molecular weight excluding hydrogens is 258 g/mol. The zero-order valence-electron chi connectivity index (χ0n) is 11.2. The first-order chi connectivity index (χ1) is 9.60. The van der Waals surface area contributed by atoms with Gasteiger partial charge in [0, 0.05) is 25.5 Å². The van der Waals surface area contributed by atoms with E-state index < -0.39 is 4.92 Å². The predicted molar refractivity (Wildman–Crippen MR) is 76.8 cm³/mol. The Morgan fingerprint density at radius 1 is 1.40 bits per heavy atom. The number of anilines is 1. The maximum atomic E-state index is 10.9. The van der Waals surface area contributed by atoms with E-state index in [4.69, 9.17) is 0 Å². The van der Waals surface area contributed by atoms with Crippen molar-refractivity contribution in [2.24, 2.45) is 0 Å². The lowest BCUT2D eigenvalue weighted by molar-refractivity contribution is -0.384. The SMILES string of the molecule is CCCn1ccc(CNc2ccc(O)cc2[N+](=O)[O-])c1. The molecule has 0 saturated carbocycles. The van der Waals surface area contributed by atoms with E-state index in [1.54, 1.807) is 0 Å². The number of nitrogens with one attached hydrogen (secondary N) is 1. The minimum atomic E-state index is -0.510. The van der Waals surface area contributed by atoms with Gasteiger partial charge in [-0.05, 0) is 30.2 Å². The van der Waals surface area contributed by atoms with E-state index in [-0.39, 0.29) is 11.4 Å². The lowest BCUT2D eigenvalue weighted by atomic mass is 10.2. The number of phenols is 1. The average Bonchev–Trinajstić information content (AvgIpc) is 2.85. The molecule has 0 unspecified atom stereocenters. The van der Waals surface area contributed by atoms with Crippen LogP contribution in [0.25, 0.3) is 0 Å². The summed E-state index contributed by atoms with van der Waals surface area (Å²) in [6, 6.07) is 6.06. The highest BCUT2D eigenvalue weighted by Crippen LogP contribution is 2.28. The molecule has 2 N–H and O–H groups in total. The van der Waals surface area contributed by atoms with E-state index in [2.05, 4.69) is 16.8 Å². The van der Waals surface area contributed by atoms with Crippen LogP contribution in [-0.2, 0) is 13.1 Å². The predicted octanol–water partition coefficient (Wildman–Crippen LogP) is 3.12. The second-order valence-corrected chi connectivity index (χ2v) is 4.57. The first-order valence-electron chi connectivity index (χ1n) is 6.46. The molecule has 0 aliphatic carbocycles. The van der Waals surface area contributed by atoms with E-state index in [0.717, 1.165) is 24.6 Å². The second kappa shape index (κ2) is 6.10. The summed E-state index contributed by atoms with van der Waals surface area (Å²) in [6.45, 7) is 3.57. The van der Waals surface area contributed by atoms with Crippen molar-refractivity contribution in [2.75, 3.05) is 5.32 Å². The fourth-order valence-corrected chi connectivity index (χ4v) is 2.01. The topological polar surface area (TPSA) is 80.3 Å². The highest BCUT2D eigenvalue weighted by atomic mass is 16.6. The van der Waals surface area contributed by atoms with Crippen molar-refractivity contribution in [3.8, 4) is 5.75 Å². The number of aromatic hydroxyl groups is 1. The van der Waals surface area contributed by atoms with Crippen molar-refractivity contribution >= 4 is 11.4 Å². The third-order valence-corrected chi connectivity index (χ3v) is 2.95. The molecule has 0 aliphatic heterocycles. The first-order valence-corrected chi connectivity index (χ1v) is 6.46. The summed E-state index contributed by atoms with van der Waals surface area (Å²) in [5, 5.41) is 23.3. The molecule has 1 heterocycles. The number of hydrogen-bond donors (Lipinski definition) is 2. The van der Waals surface area contributed by atoms with Crippen molar-refractivity contribution in [3.05, 3.63) is 52.3 Å². The summed E-state index contributed by atoms with van der Waals surface area (Å²) in [5.74, 6) is -0.114. The lowest BCUT2D eigenvalue weighted by Gasteiger charge is -2.06. The highest BCUT2D eigenvalue weighted by molar-refractivity contribution is 5.63. The average molecular weight is 275 g/mol. The zero-order valence-corrected chi connectivity index (χ0v) is 11.2. The Labute approximate surface area is 116 Å². The number of aryl methyl sites for hydroxylation is 1. The monoisotopic (exact) mass is 275 g/mol. The lowest BCUT2D eigenvalue weighted by Crippen LogP contribution is -2.02. The van der Waals surface area contributed by atoms with E-state index >= 15 is 0 Å². The molecule has 0 aliphatic rings. The van der Waals surface area contributed by atoms with Crippen molar-refractivity contribution in [1.82, 2.24) is 4.57 Å². The van der Waals surface area contributed by atoms with Crippen LogP contribution in [0.1, 0.15) is 18.9 Å². The Morgan fingerprint density at radius 3 is 2.90 bits per heavy atom. The van der Waals surface area contributed by atoms with Gasteiger partial charge in [0.15, 0.2) is 0 Å². The molecule has 2 rings (SSSR count). The molecule has 0 radical (unpaired) electrons. The van der Waals surface area contributed by atoms with Gasteiger partial charge in [-0.1, -0.05) is 6.92 Å². The number of phenolic OH excluding ortho intramolecular Hbond substituents is 1. The van der Waals surface area contributed by atoms with Gasteiger partial charge in [0.05, 0.1) is 11.0 Å². The fraction of sp³-hybridized carbons (Fsp3) is 0.286. The standard InChI is InChI=1S/C14H17N3O3/c1-2-6-16-7-5-11(10-16)9-15-13-4-3-12(18)8-14(13)17(19)20/h3-5,7-8,10,15,18H,2,6,9H2,1H3. The number of nitro groups is 1. The van der Waals surface area contributed by atoms with Crippen molar-refractivity contribution in [1.29, 1.82) is 0 Å². The van der Waals surface area contributed by atoms with Gasteiger partial charge in [0.25, 0.3) is 5.69 Å². The smallest absolute Gasteiger partial charge is 0.296 e. The molecular formula is C14H17N3O3. The molecule has 0 fully saturated rings. The van der Waals surface area contributed by atoms with Crippen molar-refractivity contribution in [2.45, 2.75) is 26.4 Å². The van der Waals surface area contributed by atoms with E-state index in [1.165, 1.54) is 12.1 Å². The van der Waals surface area contributed by atoms with Gasteiger partial charge in [-0.15, -0.1) is 0 Å². The largest absolute Gasteiger partial charge is 0.508 e. The zero-order chi connectivity index (χ0) is 14.5. The summed E-state index contributed by atoms with van der Waals surface area (Å²) in [7, 11) is 0. The number of aromatic nitrogens is 1. The molecule has 1 aromatic heterocycles. The van der Waals surface area contributed by atoms with E-state index in [1.807, 2.05) is 18.5 Å². The molecule has 0 bridgehead atoms. The normalized spacial score (nSPS) is 10.4. The van der Waals surface area contributed by atoms with Gasteiger partial charge < -0.3 is 15.0 Å². The summed E-state index contributed by atoms with van der Waals surface area (Å²) in [5.41, 5.74) is 1.33. The third kappa shape index (κ3) is 3.28. The quantitative estimate of drug-likeness (QED) is 0.482. The van der Waals surface area contributed by atoms with Gasteiger partial charge >= 0.3 is 0 Å². The Bertz CT molecular complexity index is 607. The van der Waals surface area contributed by atoms with Crippen LogP contribution in [0.4, 0.5) is 11.4 Å². The van der Waals surface area contributed by atoms with Gasteiger partial charge in [0.2, 0.25) is 0 Å². The van der Waals surface area contributed by atoms with Crippen LogP contribution in [0.2, 0.25) is 0 Å². The minimum Gasteiger partial charge on any atom is -0.508 e. The van der Waals surface area contributed by atoms with E-state index in [0.29, 0.717) is 12.2 Å². The molecule has 6 nitrogen and oxygen atoms in total. The maximum absolute atomic E-state index is 10.9. The van der Waals surface area contributed by atoms with Crippen LogP contribution in [0.15, 0.2) is 36.7 Å².